The molecule has 0 saturated carbocycles. The molecule has 1 fully saturated rings. The molecule has 0 radical (unpaired) electrons. The molecular formula is C12H23N3O2. The van der Waals surface area contributed by atoms with Crippen molar-refractivity contribution in [2.75, 3.05) is 26.2 Å². The molecule has 0 aliphatic carbocycles. The maximum Gasteiger partial charge on any atom is 0.237 e. The molecule has 1 atom stereocenters. The molecule has 17 heavy (non-hydrogen) atoms. The number of carbonyl (C=O) groups excluding carboxylic acids is 2. The lowest BCUT2D eigenvalue weighted by Crippen LogP contribution is -2.48. The highest BCUT2D eigenvalue weighted by Crippen LogP contribution is 2.33. The molecule has 5 nitrogen and oxygen atoms in total. The van der Waals surface area contributed by atoms with E-state index in [4.69, 9.17) is 5.73 Å². The van der Waals surface area contributed by atoms with Crippen molar-refractivity contribution in [3.63, 3.8) is 0 Å². The Bertz CT molecular complexity index is 285. The van der Waals surface area contributed by atoms with Crippen LogP contribution in [-0.4, -0.2) is 42.9 Å². The van der Waals surface area contributed by atoms with Gasteiger partial charge in [-0.2, -0.15) is 0 Å². The monoisotopic (exact) mass is 241 g/mol. The van der Waals surface area contributed by atoms with Crippen LogP contribution in [-0.2, 0) is 9.59 Å². The summed E-state index contributed by atoms with van der Waals surface area (Å²) in [6.45, 7) is 6.11. The number of nitrogens with one attached hydrogen (secondary N) is 1. The summed E-state index contributed by atoms with van der Waals surface area (Å²) in [5.41, 5.74) is 4.85. The van der Waals surface area contributed by atoms with Gasteiger partial charge in [0.1, 0.15) is 0 Å². The number of rotatable bonds is 6. The van der Waals surface area contributed by atoms with Crippen LogP contribution in [0.15, 0.2) is 0 Å². The number of carbonyl (C=O) groups is 2. The summed E-state index contributed by atoms with van der Waals surface area (Å²) < 4.78 is 0. The lowest BCUT2D eigenvalue weighted by Gasteiger charge is -2.32. The van der Waals surface area contributed by atoms with Crippen LogP contribution < -0.4 is 11.1 Å². The van der Waals surface area contributed by atoms with Crippen LogP contribution in [0.25, 0.3) is 0 Å². The maximum absolute atomic E-state index is 12.5. The molecule has 5 heteroatoms. The van der Waals surface area contributed by atoms with Gasteiger partial charge in [-0.15, -0.1) is 0 Å². The minimum atomic E-state index is -0.446. The van der Waals surface area contributed by atoms with Crippen molar-refractivity contribution in [2.24, 2.45) is 11.1 Å². The van der Waals surface area contributed by atoms with E-state index in [9.17, 15) is 9.59 Å². The van der Waals surface area contributed by atoms with Crippen molar-refractivity contribution in [3.05, 3.63) is 0 Å². The Morgan fingerprint density at radius 2 is 2.12 bits per heavy atom. The molecule has 0 aromatic rings. The van der Waals surface area contributed by atoms with Crippen molar-refractivity contribution in [2.45, 2.75) is 33.1 Å². The van der Waals surface area contributed by atoms with Gasteiger partial charge in [-0.3, -0.25) is 9.59 Å². The summed E-state index contributed by atoms with van der Waals surface area (Å²) in [4.78, 5) is 25.0. The molecule has 98 valence electrons. The average molecular weight is 241 g/mol. The van der Waals surface area contributed by atoms with Gasteiger partial charge in [-0.05, 0) is 26.3 Å². The summed E-state index contributed by atoms with van der Waals surface area (Å²) in [6, 6.07) is 0. The fraction of sp³-hybridized carbons (Fsp3) is 0.833. The molecule has 2 amide bonds. The predicted molar refractivity (Wildman–Crippen MR) is 66.3 cm³/mol. The Balaban J connectivity index is 2.78. The highest BCUT2D eigenvalue weighted by molar-refractivity contribution is 5.87. The molecule has 3 N–H and O–H groups in total. The second kappa shape index (κ2) is 6.00. The fourth-order valence-electron chi connectivity index (χ4n) is 2.58. The molecular weight excluding hydrogens is 218 g/mol. The Hall–Kier alpha value is -1.10. The average Bonchev–Trinajstić information content (AvgIpc) is 2.75. The van der Waals surface area contributed by atoms with E-state index in [1.54, 1.807) is 4.90 Å². The number of primary amides is 1. The lowest BCUT2D eigenvalue weighted by molar-refractivity contribution is -0.143. The molecule has 1 heterocycles. The van der Waals surface area contributed by atoms with Gasteiger partial charge in [-0.25, -0.2) is 0 Å². The number of hydrogen-bond donors (Lipinski definition) is 2. The number of hydrogen-bond acceptors (Lipinski definition) is 3. The molecule has 1 aliphatic rings. The quantitative estimate of drug-likeness (QED) is 0.692. The third-order valence-electron chi connectivity index (χ3n) is 3.44. The summed E-state index contributed by atoms with van der Waals surface area (Å²) in [6.07, 6.45) is 2.70. The number of nitrogens with two attached hydrogens (primary N) is 1. The third-order valence-corrected chi connectivity index (χ3v) is 3.44. The van der Waals surface area contributed by atoms with Gasteiger partial charge in [-0.1, -0.05) is 13.3 Å². The van der Waals surface area contributed by atoms with Crippen LogP contribution in [0, 0.1) is 5.41 Å². The maximum atomic E-state index is 12.5. The Kier molecular flexibility index (Phi) is 4.93. The fourth-order valence-corrected chi connectivity index (χ4v) is 2.58. The van der Waals surface area contributed by atoms with Crippen LogP contribution in [0.1, 0.15) is 33.1 Å². The molecule has 1 rings (SSSR count). The minimum absolute atomic E-state index is 0.0286. The summed E-state index contributed by atoms with van der Waals surface area (Å²) in [5.74, 6) is -0.372. The minimum Gasteiger partial charge on any atom is -0.368 e. The number of amides is 2. The largest absolute Gasteiger partial charge is 0.368 e. The van der Waals surface area contributed by atoms with Gasteiger partial charge < -0.3 is 16.0 Å². The highest BCUT2D eigenvalue weighted by Gasteiger charge is 2.42. The third kappa shape index (κ3) is 3.19. The molecule has 1 aliphatic heterocycles. The Morgan fingerprint density at radius 3 is 2.53 bits per heavy atom. The standard InChI is InChI=1S/C12H23N3O2/c1-3-5-12(6-7-14-9-12)11(17)15(4-2)8-10(13)16/h14H,3-9H2,1-2H3,(H2,13,16). The van der Waals surface area contributed by atoms with E-state index >= 15 is 0 Å². The second-order valence-electron chi connectivity index (χ2n) is 4.74. The first-order chi connectivity index (χ1) is 8.05. The van der Waals surface area contributed by atoms with Gasteiger partial charge >= 0.3 is 0 Å². The van der Waals surface area contributed by atoms with Crippen LogP contribution >= 0.6 is 0 Å². The molecule has 1 saturated heterocycles. The van der Waals surface area contributed by atoms with Crippen molar-refractivity contribution in [1.29, 1.82) is 0 Å². The van der Waals surface area contributed by atoms with E-state index in [-0.39, 0.29) is 17.9 Å². The van der Waals surface area contributed by atoms with Crippen LogP contribution in [0.3, 0.4) is 0 Å². The SMILES string of the molecule is CCCC1(C(=O)N(CC)CC(N)=O)CCNC1. The summed E-state index contributed by atoms with van der Waals surface area (Å²) in [7, 11) is 0. The van der Waals surface area contributed by atoms with E-state index in [0.717, 1.165) is 32.4 Å². The van der Waals surface area contributed by atoms with Gasteiger partial charge in [0.25, 0.3) is 0 Å². The predicted octanol–water partition coefficient (Wildman–Crippen LogP) is 0.100. The molecule has 0 aromatic heterocycles. The zero-order valence-corrected chi connectivity index (χ0v) is 10.8. The first-order valence-corrected chi connectivity index (χ1v) is 6.34. The van der Waals surface area contributed by atoms with Crippen LogP contribution in [0.2, 0.25) is 0 Å². The molecule has 0 spiro atoms. The zero-order chi connectivity index (χ0) is 12.9. The van der Waals surface area contributed by atoms with E-state index in [2.05, 4.69) is 12.2 Å². The van der Waals surface area contributed by atoms with Crippen molar-refractivity contribution < 1.29 is 9.59 Å². The highest BCUT2D eigenvalue weighted by atomic mass is 16.2. The van der Waals surface area contributed by atoms with Gasteiger partial charge in [0.2, 0.25) is 11.8 Å². The summed E-state index contributed by atoms with van der Waals surface area (Å²) in [5, 5.41) is 3.25. The van der Waals surface area contributed by atoms with Crippen LogP contribution in [0.5, 0.6) is 0 Å². The lowest BCUT2D eigenvalue weighted by atomic mass is 9.81. The molecule has 0 aromatic carbocycles. The smallest absolute Gasteiger partial charge is 0.237 e. The van der Waals surface area contributed by atoms with Crippen molar-refractivity contribution >= 4 is 11.8 Å². The summed E-state index contributed by atoms with van der Waals surface area (Å²) >= 11 is 0. The normalized spacial score (nSPS) is 23.6. The second-order valence-corrected chi connectivity index (χ2v) is 4.74. The Morgan fingerprint density at radius 1 is 1.41 bits per heavy atom. The number of nitrogens with zero attached hydrogens (tertiary/aromatic N) is 1. The van der Waals surface area contributed by atoms with Crippen molar-refractivity contribution in [1.82, 2.24) is 10.2 Å². The van der Waals surface area contributed by atoms with Crippen LogP contribution in [0.4, 0.5) is 0 Å². The number of likely N-dealkylation sites (N-methyl/N-ethyl adjacent to an activating group) is 1. The Labute approximate surface area is 103 Å². The van der Waals surface area contributed by atoms with E-state index < -0.39 is 5.91 Å². The molecule has 1 unspecified atom stereocenters. The van der Waals surface area contributed by atoms with Crippen molar-refractivity contribution in [3.8, 4) is 0 Å². The topological polar surface area (TPSA) is 75.4 Å². The molecule has 0 bridgehead atoms. The van der Waals surface area contributed by atoms with Gasteiger partial charge in [0.15, 0.2) is 0 Å². The van der Waals surface area contributed by atoms with E-state index in [0.29, 0.717) is 6.54 Å². The van der Waals surface area contributed by atoms with E-state index in [1.807, 2.05) is 6.92 Å². The zero-order valence-electron chi connectivity index (χ0n) is 10.8. The van der Waals surface area contributed by atoms with E-state index in [1.165, 1.54) is 0 Å². The first-order valence-electron chi connectivity index (χ1n) is 6.34. The van der Waals surface area contributed by atoms with Gasteiger partial charge in [0, 0.05) is 13.1 Å². The van der Waals surface area contributed by atoms with Gasteiger partial charge in [0.05, 0.1) is 12.0 Å². The first kappa shape index (κ1) is 14.0.